The second-order valence-corrected chi connectivity index (χ2v) is 8.58. The summed E-state index contributed by atoms with van der Waals surface area (Å²) in [6, 6.07) is 14.8. The smallest absolute Gasteiger partial charge is 0.261 e. The van der Waals surface area contributed by atoms with Crippen LogP contribution in [0.4, 0.5) is 0 Å². The van der Waals surface area contributed by atoms with E-state index in [0.717, 1.165) is 10.0 Å². The monoisotopic (exact) mass is 470 g/mol. The molecule has 156 valence electrons. The molecular weight excluding hydrogens is 448 g/mol. The first-order valence-electron chi connectivity index (χ1n) is 10.1. The molecule has 2 heterocycles. The van der Waals surface area contributed by atoms with Crippen molar-refractivity contribution in [1.29, 1.82) is 0 Å². The molecule has 0 spiro atoms. The molecule has 0 radical (unpaired) electrons. The molecule has 0 saturated carbocycles. The number of nitrogens with zero attached hydrogens (tertiary/aromatic N) is 1. The third-order valence-electron chi connectivity index (χ3n) is 5.77. The summed E-state index contributed by atoms with van der Waals surface area (Å²) in [6.07, 6.45) is 2.06. The van der Waals surface area contributed by atoms with Gasteiger partial charge in [0.25, 0.3) is 11.8 Å². The molecule has 0 atom stereocenters. The third kappa shape index (κ3) is 4.04. The van der Waals surface area contributed by atoms with Gasteiger partial charge in [-0.2, -0.15) is 0 Å². The number of hydrogen-bond acceptors (Lipinski definition) is 4. The summed E-state index contributed by atoms with van der Waals surface area (Å²) in [7, 11) is 0. The fraction of sp³-hybridized carbons (Fsp3) is 0.348. The summed E-state index contributed by atoms with van der Waals surface area (Å²) in [5.74, 6) is -0.662. The molecule has 0 aliphatic carbocycles. The van der Waals surface area contributed by atoms with Crippen LogP contribution < -0.4 is 5.32 Å². The van der Waals surface area contributed by atoms with Crippen LogP contribution in [0.2, 0.25) is 0 Å². The van der Waals surface area contributed by atoms with Crippen molar-refractivity contribution in [3.63, 3.8) is 0 Å². The second-order valence-electron chi connectivity index (χ2n) is 7.66. The Bertz CT molecular complexity index is 950. The van der Waals surface area contributed by atoms with E-state index in [1.54, 1.807) is 24.3 Å². The van der Waals surface area contributed by atoms with Crippen LogP contribution in [-0.4, -0.2) is 42.4 Å². The minimum Gasteiger partial charge on any atom is -0.381 e. The summed E-state index contributed by atoms with van der Waals surface area (Å²) in [5.41, 5.74) is 1.45. The Morgan fingerprint density at radius 1 is 1.03 bits per heavy atom. The zero-order valence-corrected chi connectivity index (χ0v) is 18.1. The number of fused-ring (bicyclic) bond motifs is 1. The molecule has 1 saturated heterocycles. The first-order valence-corrected chi connectivity index (χ1v) is 10.9. The molecule has 2 aromatic carbocycles. The Hall–Kier alpha value is -2.51. The van der Waals surface area contributed by atoms with E-state index in [0.29, 0.717) is 43.6 Å². The number of imide groups is 1. The van der Waals surface area contributed by atoms with Crippen LogP contribution in [0.3, 0.4) is 0 Å². The molecule has 0 unspecified atom stereocenters. The molecular formula is C23H23BrN2O4. The fourth-order valence-electron chi connectivity index (χ4n) is 4.16. The van der Waals surface area contributed by atoms with Gasteiger partial charge in [-0.05, 0) is 49.1 Å². The van der Waals surface area contributed by atoms with Gasteiger partial charge in [-0.1, -0.05) is 40.2 Å². The highest BCUT2D eigenvalue weighted by Gasteiger charge is 2.37. The van der Waals surface area contributed by atoms with Crippen molar-refractivity contribution < 1.29 is 19.1 Å². The second kappa shape index (κ2) is 8.70. The van der Waals surface area contributed by atoms with Gasteiger partial charge in [-0.15, -0.1) is 0 Å². The highest BCUT2D eigenvalue weighted by molar-refractivity contribution is 9.10. The van der Waals surface area contributed by atoms with Crippen LogP contribution in [0.1, 0.15) is 52.0 Å². The zero-order chi connectivity index (χ0) is 21.1. The number of carbonyl (C=O) groups is 3. The summed E-state index contributed by atoms with van der Waals surface area (Å²) in [5, 5.41) is 3.21. The Kier molecular flexibility index (Phi) is 6.01. The van der Waals surface area contributed by atoms with Gasteiger partial charge >= 0.3 is 0 Å². The third-order valence-corrected chi connectivity index (χ3v) is 6.26. The molecule has 2 aliphatic heterocycles. The summed E-state index contributed by atoms with van der Waals surface area (Å²) in [4.78, 5) is 38.9. The maximum absolute atomic E-state index is 12.8. The lowest BCUT2D eigenvalue weighted by Crippen LogP contribution is -2.49. The number of nitrogens with one attached hydrogen (secondary N) is 1. The SMILES string of the molecule is O=C(CCCN1C(=O)c2ccccc2C1=O)NC1(c2cccc(Br)c2)CCOCC1. The van der Waals surface area contributed by atoms with Crippen molar-refractivity contribution >= 4 is 33.7 Å². The average molecular weight is 471 g/mol. The fourth-order valence-corrected chi connectivity index (χ4v) is 4.56. The van der Waals surface area contributed by atoms with E-state index >= 15 is 0 Å². The van der Waals surface area contributed by atoms with E-state index in [2.05, 4.69) is 21.2 Å². The van der Waals surface area contributed by atoms with Crippen molar-refractivity contribution in [2.45, 2.75) is 31.2 Å². The van der Waals surface area contributed by atoms with Gasteiger partial charge in [0.15, 0.2) is 0 Å². The van der Waals surface area contributed by atoms with Crippen molar-refractivity contribution in [2.24, 2.45) is 0 Å². The molecule has 2 aliphatic rings. The van der Waals surface area contributed by atoms with E-state index in [-0.39, 0.29) is 30.7 Å². The van der Waals surface area contributed by atoms with Gasteiger partial charge in [0.1, 0.15) is 0 Å². The molecule has 7 heteroatoms. The Balaban J connectivity index is 1.38. The van der Waals surface area contributed by atoms with Crippen molar-refractivity contribution in [3.8, 4) is 0 Å². The standard InChI is InChI=1S/C23H23BrN2O4/c24-17-6-3-5-16(15-17)23(10-13-30-14-11-23)25-20(27)9-4-12-26-21(28)18-7-1-2-8-19(18)22(26)29/h1-3,5-8,15H,4,9-14H2,(H,25,27). The van der Waals surface area contributed by atoms with Gasteiger partial charge in [-0.3, -0.25) is 19.3 Å². The number of carbonyl (C=O) groups excluding carboxylic acids is 3. The van der Waals surface area contributed by atoms with Crippen molar-refractivity contribution in [1.82, 2.24) is 10.2 Å². The Labute approximate surface area is 183 Å². The minimum atomic E-state index is -0.464. The number of hydrogen-bond donors (Lipinski definition) is 1. The lowest BCUT2D eigenvalue weighted by atomic mass is 9.82. The topological polar surface area (TPSA) is 75.7 Å². The first-order chi connectivity index (χ1) is 14.5. The van der Waals surface area contributed by atoms with Crippen LogP contribution in [0.15, 0.2) is 53.0 Å². The first kappa shape index (κ1) is 20.8. The number of halogens is 1. The van der Waals surface area contributed by atoms with Crippen molar-refractivity contribution in [2.75, 3.05) is 19.8 Å². The van der Waals surface area contributed by atoms with E-state index in [1.807, 2.05) is 24.3 Å². The van der Waals surface area contributed by atoms with Crippen molar-refractivity contribution in [3.05, 3.63) is 69.7 Å². The molecule has 1 N–H and O–H groups in total. The maximum Gasteiger partial charge on any atom is 0.261 e. The number of benzene rings is 2. The van der Waals surface area contributed by atoms with E-state index in [4.69, 9.17) is 4.74 Å². The summed E-state index contributed by atoms with van der Waals surface area (Å²) < 4.78 is 6.48. The maximum atomic E-state index is 12.8. The van der Waals surface area contributed by atoms with Gasteiger partial charge in [0, 0.05) is 30.7 Å². The van der Waals surface area contributed by atoms with E-state index < -0.39 is 5.54 Å². The van der Waals surface area contributed by atoms with Gasteiger partial charge in [0.05, 0.1) is 16.7 Å². The predicted octanol–water partition coefficient (Wildman–Crippen LogP) is 3.65. The van der Waals surface area contributed by atoms with E-state index in [1.165, 1.54) is 4.90 Å². The molecule has 1 fully saturated rings. The summed E-state index contributed by atoms with van der Waals surface area (Å²) in [6.45, 7) is 1.40. The van der Waals surface area contributed by atoms with Crippen LogP contribution in [-0.2, 0) is 15.1 Å². The number of amides is 3. The predicted molar refractivity (Wildman–Crippen MR) is 115 cm³/mol. The van der Waals surface area contributed by atoms with Crippen LogP contribution in [0, 0.1) is 0 Å². The highest BCUT2D eigenvalue weighted by Crippen LogP contribution is 2.33. The molecule has 0 bridgehead atoms. The Morgan fingerprint density at radius 3 is 2.33 bits per heavy atom. The van der Waals surface area contributed by atoms with Crippen LogP contribution in [0.5, 0.6) is 0 Å². The number of rotatable bonds is 6. The number of ether oxygens (including phenoxy) is 1. The summed E-state index contributed by atoms with van der Waals surface area (Å²) >= 11 is 3.51. The lowest BCUT2D eigenvalue weighted by molar-refractivity contribution is -0.124. The molecule has 3 amide bonds. The largest absolute Gasteiger partial charge is 0.381 e. The molecule has 0 aromatic heterocycles. The normalized spacial score (nSPS) is 17.7. The molecule has 30 heavy (non-hydrogen) atoms. The highest BCUT2D eigenvalue weighted by atomic mass is 79.9. The lowest BCUT2D eigenvalue weighted by Gasteiger charge is -2.38. The zero-order valence-electron chi connectivity index (χ0n) is 16.5. The van der Waals surface area contributed by atoms with E-state index in [9.17, 15) is 14.4 Å². The molecule has 2 aromatic rings. The Morgan fingerprint density at radius 2 is 1.70 bits per heavy atom. The molecule has 6 nitrogen and oxygen atoms in total. The van der Waals surface area contributed by atoms with Crippen LogP contribution in [0.25, 0.3) is 0 Å². The minimum absolute atomic E-state index is 0.0894. The average Bonchev–Trinajstić information content (AvgIpc) is 2.99. The quantitative estimate of drug-likeness (QED) is 0.653. The van der Waals surface area contributed by atoms with Gasteiger partial charge < -0.3 is 10.1 Å². The molecule has 4 rings (SSSR count). The van der Waals surface area contributed by atoms with Gasteiger partial charge in [0.2, 0.25) is 5.91 Å². The van der Waals surface area contributed by atoms with Crippen LogP contribution >= 0.6 is 15.9 Å². The van der Waals surface area contributed by atoms with Gasteiger partial charge in [-0.25, -0.2) is 0 Å².